The number of ether oxygens (including phenoxy) is 2. The number of benzene rings is 2. The molecule has 0 saturated carbocycles. The summed E-state index contributed by atoms with van der Waals surface area (Å²) in [5, 5.41) is 8.39. The Morgan fingerprint density at radius 1 is 1.03 bits per heavy atom. The lowest BCUT2D eigenvalue weighted by Gasteiger charge is -2.05. The van der Waals surface area contributed by atoms with E-state index < -0.39 is 5.91 Å². The van der Waals surface area contributed by atoms with Crippen LogP contribution < -0.4 is 15.2 Å². The van der Waals surface area contributed by atoms with Gasteiger partial charge in [0.2, 0.25) is 5.82 Å². The molecule has 0 saturated heterocycles. The molecular weight excluding hydrogens is 454 g/mol. The molecule has 30 heavy (non-hydrogen) atoms. The maximum atomic E-state index is 10.8. The molecule has 0 bridgehead atoms. The van der Waals surface area contributed by atoms with E-state index in [4.69, 9.17) is 19.7 Å². The van der Waals surface area contributed by atoms with Gasteiger partial charge in [0.05, 0.1) is 0 Å². The SMILES string of the molecule is NC(=O)COc1ccc(-c2noc(-c3ccn(COc4ccc(Br)cc4)n3)n2)cc1. The third-order valence-electron chi connectivity index (χ3n) is 3.96. The van der Waals surface area contributed by atoms with Crippen molar-refractivity contribution in [2.24, 2.45) is 5.73 Å². The summed E-state index contributed by atoms with van der Waals surface area (Å²) < 4.78 is 18.9. The molecule has 0 aliphatic rings. The molecule has 1 amide bonds. The zero-order valence-corrected chi connectivity index (χ0v) is 17.2. The molecule has 0 aliphatic carbocycles. The van der Waals surface area contributed by atoms with Crippen LogP contribution in [0.1, 0.15) is 0 Å². The average molecular weight is 470 g/mol. The van der Waals surface area contributed by atoms with Crippen molar-refractivity contribution in [3.05, 3.63) is 65.3 Å². The number of aromatic nitrogens is 4. The van der Waals surface area contributed by atoms with Crippen molar-refractivity contribution >= 4 is 21.8 Å². The minimum atomic E-state index is -0.538. The maximum absolute atomic E-state index is 10.8. The van der Waals surface area contributed by atoms with Crippen molar-refractivity contribution in [1.82, 2.24) is 19.9 Å². The van der Waals surface area contributed by atoms with Crippen LogP contribution in [0, 0.1) is 0 Å². The first-order valence-electron chi connectivity index (χ1n) is 8.84. The summed E-state index contributed by atoms with van der Waals surface area (Å²) in [6.07, 6.45) is 1.77. The van der Waals surface area contributed by atoms with Crippen molar-refractivity contribution in [2.75, 3.05) is 6.61 Å². The van der Waals surface area contributed by atoms with Crippen LogP contribution in [-0.4, -0.2) is 32.4 Å². The molecule has 2 aromatic carbocycles. The van der Waals surface area contributed by atoms with Gasteiger partial charge < -0.3 is 19.7 Å². The Labute approximate surface area is 179 Å². The van der Waals surface area contributed by atoms with Crippen LogP contribution >= 0.6 is 15.9 Å². The lowest BCUT2D eigenvalue weighted by molar-refractivity contribution is -0.119. The average Bonchev–Trinajstić information content (AvgIpc) is 3.42. The number of nitrogens with two attached hydrogens (primary N) is 1. The zero-order valence-electron chi connectivity index (χ0n) is 15.6. The number of nitrogens with zero attached hydrogens (tertiary/aromatic N) is 4. The second kappa shape index (κ2) is 8.78. The number of hydrogen-bond acceptors (Lipinski definition) is 7. The molecule has 0 aliphatic heterocycles. The lowest BCUT2D eigenvalue weighted by atomic mass is 10.2. The summed E-state index contributed by atoms with van der Waals surface area (Å²) in [7, 11) is 0. The smallest absolute Gasteiger partial charge is 0.278 e. The first kappa shape index (κ1) is 19.6. The van der Waals surface area contributed by atoms with Gasteiger partial charge in [-0.25, -0.2) is 4.68 Å². The van der Waals surface area contributed by atoms with Gasteiger partial charge in [-0.3, -0.25) is 4.79 Å². The fourth-order valence-electron chi connectivity index (χ4n) is 2.52. The Morgan fingerprint density at radius 2 is 1.73 bits per heavy atom. The molecule has 0 fully saturated rings. The highest BCUT2D eigenvalue weighted by molar-refractivity contribution is 9.10. The van der Waals surface area contributed by atoms with Crippen molar-refractivity contribution in [2.45, 2.75) is 6.73 Å². The summed E-state index contributed by atoms with van der Waals surface area (Å²) in [5.74, 6) is 1.42. The van der Waals surface area contributed by atoms with Gasteiger partial charge in [0, 0.05) is 16.2 Å². The Balaban J connectivity index is 1.40. The van der Waals surface area contributed by atoms with Crippen molar-refractivity contribution < 1.29 is 18.8 Å². The van der Waals surface area contributed by atoms with Crippen LogP contribution in [0.5, 0.6) is 11.5 Å². The van der Waals surface area contributed by atoms with Crippen molar-refractivity contribution in [3.63, 3.8) is 0 Å². The topological polar surface area (TPSA) is 118 Å². The second-order valence-corrected chi connectivity index (χ2v) is 7.09. The minimum Gasteiger partial charge on any atom is -0.484 e. The van der Waals surface area contributed by atoms with Crippen LogP contribution in [-0.2, 0) is 11.5 Å². The normalized spacial score (nSPS) is 10.7. The van der Waals surface area contributed by atoms with Crippen LogP contribution in [0.15, 0.2) is 69.8 Å². The highest BCUT2D eigenvalue weighted by atomic mass is 79.9. The molecule has 0 radical (unpaired) electrons. The molecule has 10 heteroatoms. The van der Waals surface area contributed by atoms with Gasteiger partial charge in [-0.1, -0.05) is 21.1 Å². The Morgan fingerprint density at radius 3 is 2.47 bits per heavy atom. The number of carbonyl (C=O) groups excluding carboxylic acids is 1. The van der Waals surface area contributed by atoms with Crippen molar-refractivity contribution in [1.29, 1.82) is 0 Å². The van der Waals surface area contributed by atoms with E-state index in [1.54, 1.807) is 41.2 Å². The van der Waals surface area contributed by atoms with E-state index >= 15 is 0 Å². The van der Waals surface area contributed by atoms with E-state index in [-0.39, 0.29) is 13.3 Å². The van der Waals surface area contributed by atoms with Gasteiger partial charge in [-0.05, 0) is 54.6 Å². The Kier molecular flexibility index (Phi) is 5.75. The maximum Gasteiger partial charge on any atom is 0.278 e. The Bertz CT molecular complexity index is 1140. The molecule has 2 N–H and O–H groups in total. The van der Waals surface area contributed by atoms with Gasteiger partial charge in [0.1, 0.15) is 11.5 Å². The molecule has 2 heterocycles. The molecule has 0 unspecified atom stereocenters. The summed E-state index contributed by atoms with van der Waals surface area (Å²) in [4.78, 5) is 15.2. The lowest BCUT2D eigenvalue weighted by Crippen LogP contribution is -2.19. The monoisotopic (exact) mass is 469 g/mol. The highest BCUT2D eigenvalue weighted by Gasteiger charge is 2.13. The van der Waals surface area contributed by atoms with E-state index in [9.17, 15) is 4.79 Å². The van der Waals surface area contributed by atoms with Gasteiger partial charge in [0.15, 0.2) is 19.0 Å². The minimum absolute atomic E-state index is 0.181. The molecule has 2 aromatic heterocycles. The fourth-order valence-corrected chi connectivity index (χ4v) is 2.78. The van der Waals surface area contributed by atoms with E-state index in [2.05, 4.69) is 31.2 Å². The van der Waals surface area contributed by atoms with Crippen LogP contribution in [0.2, 0.25) is 0 Å². The highest BCUT2D eigenvalue weighted by Crippen LogP contribution is 2.23. The molecule has 4 aromatic rings. The molecule has 4 rings (SSSR count). The number of primary amides is 1. The van der Waals surface area contributed by atoms with Crippen LogP contribution in [0.25, 0.3) is 23.0 Å². The molecule has 9 nitrogen and oxygen atoms in total. The number of amides is 1. The Hall–Kier alpha value is -3.66. The van der Waals surface area contributed by atoms with E-state index in [1.807, 2.05) is 24.3 Å². The predicted molar refractivity (Wildman–Crippen MR) is 110 cm³/mol. The standard InChI is InChI=1S/C20H16BrN5O4/c21-14-3-7-16(8-4-14)29-12-26-10-9-17(24-26)20-23-19(25-30-20)13-1-5-15(6-2-13)28-11-18(22)27/h1-10H,11-12H2,(H2,22,27). The summed E-state index contributed by atoms with van der Waals surface area (Å²) in [5.41, 5.74) is 6.33. The van der Waals surface area contributed by atoms with Crippen LogP contribution in [0.3, 0.4) is 0 Å². The van der Waals surface area contributed by atoms with E-state index in [1.165, 1.54) is 0 Å². The molecule has 0 spiro atoms. The quantitative estimate of drug-likeness (QED) is 0.420. The zero-order chi connectivity index (χ0) is 20.9. The van der Waals surface area contributed by atoms with Gasteiger partial charge in [-0.15, -0.1) is 0 Å². The third-order valence-corrected chi connectivity index (χ3v) is 4.49. The molecule has 0 atom stereocenters. The summed E-state index contributed by atoms with van der Waals surface area (Å²) in [6, 6.07) is 16.2. The van der Waals surface area contributed by atoms with E-state index in [0.717, 1.165) is 15.8 Å². The number of rotatable bonds is 8. The van der Waals surface area contributed by atoms with Crippen LogP contribution in [0.4, 0.5) is 0 Å². The van der Waals surface area contributed by atoms with Gasteiger partial charge >= 0.3 is 0 Å². The predicted octanol–water partition coefficient (Wildman–Crippen LogP) is 3.26. The van der Waals surface area contributed by atoms with E-state index in [0.29, 0.717) is 23.2 Å². The second-order valence-electron chi connectivity index (χ2n) is 6.17. The molecule has 152 valence electrons. The summed E-state index contributed by atoms with van der Waals surface area (Å²) >= 11 is 3.39. The first-order chi connectivity index (χ1) is 14.6. The largest absolute Gasteiger partial charge is 0.484 e. The van der Waals surface area contributed by atoms with Gasteiger partial charge in [0.25, 0.3) is 11.8 Å². The fraction of sp³-hybridized carbons (Fsp3) is 0.100. The first-order valence-corrected chi connectivity index (χ1v) is 9.63. The summed E-state index contributed by atoms with van der Waals surface area (Å²) in [6.45, 7) is 0.0648. The third kappa shape index (κ3) is 4.84. The number of carbonyl (C=O) groups is 1. The van der Waals surface area contributed by atoms with Crippen molar-refractivity contribution in [3.8, 4) is 34.5 Å². The number of hydrogen-bond donors (Lipinski definition) is 1. The number of halogens is 1. The molecular formula is C20H16BrN5O4. The van der Waals surface area contributed by atoms with Gasteiger partial charge in [-0.2, -0.15) is 10.1 Å².